The van der Waals surface area contributed by atoms with Crippen molar-refractivity contribution < 1.29 is 0 Å². The molecule has 0 fully saturated rings. The van der Waals surface area contributed by atoms with Gasteiger partial charge in [-0.2, -0.15) is 0 Å². The molecular weight excluding hydrogens is 202 g/mol. The Hall–Kier alpha value is -1.68. The van der Waals surface area contributed by atoms with Gasteiger partial charge in [-0.3, -0.25) is 15.0 Å². The monoisotopic (exact) mass is 209 g/mol. The van der Waals surface area contributed by atoms with Crippen LogP contribution in [-0.4, -0.2) is 10.2 Å². The van der Waals surface area contributed by atoms with Gasteiger partial charge in [0.15, 0.2) is 0 Å². The molecule has 3 N–H and O–H groups in total. The minimum absolute atomic E-state index is 0.181. The molecule has 5 heteroatoms. The highest BCUT2D eigenvalue weighted by Gasteiger charge is 2.00. The van der Waals surface area contributed by atoms with Gasteiger partial charge in [-0.15, -0.1) is 0 Å². The molecule has 0 saturated carbocycles. The zero-order chi connectivity index (χ0) is 9.97. The number of nitrogens with one attached hydrogen (secondary N) is 3. The van der Waals surface area contributed by atoms with Gasteiger partial charge in [0.05, 0.1) is 10.7 Å². The highest BCUT2D eigenvalue weighted by atomic mass is 35.5. The fourth-order valence-electron chi connectivity index (χ4n) is 1.11. The first-order valence-corrected chi connectivity index (χ1v) is 4.43. The number of H-pyrrole nitrogens is 2. The van der Waals surface area contributed by atoms with E-state index in [-0.39, 0.29) is 5.56 Å². The molecule has 2 aromatic rings. The average molecular weight is 210 g/mol. The molecule has 0 spiro atoms. The maximum atomic E-state index is 10.8. The van der Waals surface area contributed by atoms with Crippen LogP contribution < -0.4 is 10.9 Å². The molecule has 0 unspecified atom stereocenters. The van der Waals surface area contributed by atoms with Crippen molar-refractivity contribution in [1.29, 1.82) is 0 Å². The molecule has 2 rings (SSSR count). The largest absolute Gasteiger partial charge is 0.339 e. The molecule has 14 heavy (non-hydrogen) atoms. The Morgan fingerprint density at radius 3 is 2.64 bits per heavy atom. The topological polar surface area (TPSA) is 60.7 Å². The summed E-state index contributed by atoms with van der Waals surface area (Å²) in [5, 5.41) is 8.68. The molecular formula is C9H8ClN3O. The van der Waals surface area contributed by atoms with Crippen molar-refractivity contribution in [2.24, 2.45) is 0 Å². The molecule has 0 aliphatic heterocycles. The number of aromatic amines is 2. The first-order chi connectivity index (χ1) is 6.75. The van der Waals surface area contributed by atoms with Crippen molar-refractivity contribution >= 4 is 23.1 Å². The van der Waals surface area contributed by atoms with Crippen molar-refractivity contribution in [3.05, 3.63) is 45.7 Å². The molecule has 0 aliphatic carbocycles. The second-order valence-corrected chi connectivity index (χ2v) is 3.18. The van der Waals surface area contributed by atoms with Crippen molar-refractivity contribution in [1.82, 2.24) is 10.2 Å². The van der Waals surface area contributed by atoms with E-state index in [1.807, 2.05) is 18.2 Å². The van der Waals surface area contributed by atoms with Gasteiger partial charge in [0.25, 0.3) is 5.56 Å². The fraction of sp³-hybridized carbons (Fsp3) is 0. The number of hydrogen-bond acceptors (Lipinski definition) is 2. The Morgan fingerprint density at radius 1 is 1.21 bits per heavy atom. The van der Waals surface area contributed by atoms with Gasteiger partial charge in [0.2, 0.25) is 0 Å². The third-order valence-corrected chi connectivity index (χ3v) is 2.07. The second kappa shape index (κ2) is 3.59. The lowest BCUT2D eigenvalue weighted by molar-refractivity contribution is 1.06. The van der Waals surface area contributed by atoms with E-state index in [1.54, 1.807) is 6.07 Å². The lowest BCUT2D eigenvalue weighted by Gasteiger charge is -2.04. The van der Waals surface area contributed by atoms with Crippen LogP contribution in [0.4, 0.5) is 11.5 Å². The highest BCUT2D eigenvalue weighted by molar-refractivity contribution is 6.33. The minimum Gasteiger partial charge on any atom is -0.339 e. The summed E-state index contributed by atoms with van der Waals surface area (Å²) in [5.41, 5.74) is 0.573. The number of aromatic nitrogens is 2. The molecule has 0 radical (unpaired) electrons. The van der Waals surface area contributed by atoms with Gasteiger partial charge in [0.1, 0.15) is 5.82 Å². The first-order valence-electron chi connectivity index (χ1n) is 4.05. The Labute approximate surface area is 84.9 Å². The summed E-state index contributed by atoms with van der Waals surface area (Å²) in [6, 6.07) is 8.72. The van der Waals surface area contributed by atoms with Crippen molar-refractivity contribution in [2.75, 3.05) is 5.32 Å². The normalized spacial score (nSPS) is 10.1. The SMILES string of the molecule is O=c1cc(Nc2ccccc2Cl)[nH][nH]1. The Bertz CT molecular complexity index is 489. The number of para-hydroxylation sites is 1. The van der Waals surface area contributed by atoms with Crippen LogP contribution in [-0.2, 0) is 0 Å². The van der Waals surface area contributed by atoms with Gasteiger partial charge in [-0.25, -0.2) is 0 Å². The minimum atomic E-state index is -0.181. The number of hydrogen-bond donors (Lipinski definition) is 3. The predicted octanol–water partition coefficient (Wildman–Crippen LogP) is 2.10. The Morgan fingerprint density at radius 2 is 2.00 bits per heavy atom. The van der Waals surface area contributed by atoms with Crippen LogP contribution in [0.25, 0.3) is 0 Å². The quantitative estimate of drug-likeness (QED) is 0.710. The van der Waals surface area contributed by atoms with E-state index in [0.29, 0.717) is 10.8 Å². The summed E-state index contributed by atoms with van der Waals surface area (Å²) in [6.07, 6.45) is 0. The molecule has 0 bridgehead atoms. The summed E-state index contributed by atoms with van der Waals surface area (Å²) in [5.74, 6) is 0.586. The maximum absolute atomic E-state index is 10.8. The van der Waals surface area contributed by atoms with Crippen LogP contribution in [0.5, 0.6) is 0 Å². The van der Waals surface area contributed by atoms with Gasteiger partial charge >= 0.3 is 0 Å². The van der Waals surface area contributed by atoms with E-state index in [9.17, 15) is 4.79 Å². The van der Waals surface area contributed by atoms with Crippen LogP contribution >= 0.6 is 11.6 Å². The summed E-state index contributed by atoms with van der Waals surface area (Å²) < 4.78 is 0. The summed E-state index contributed by atoms with van der Waals surface area (Å²) in [4.78, 5) is 10.8. The molecule has 0 saturated heterocycles. The van der Waals surface area contributed by atoms with Gasteiger partial charge < -0.3 is 5.32 Å². The zero-order valence-corrected chi connectivity index (χ0v) is 7.93. The van der Waals surface area contributed by atoms with Crippen molar-refractivity contribution in [3.8, 4) is 0 Å². The molecule has 0 aliphatic rings. The summed E-state index contributed by atoms with van der Waals surface area (Å²) in [7, 11) is 0. The standard InChI is InChI=1S/C9H8ClN3O/c10-6-3-1-2-4-7(6)11-8-5-9(14)13-12-8/h1-5H,(H3,11,12,13,14). The van der Waals surface area contributed by atoms with Gasteiger partial charge in [-0.1, -0.05) is 23.7 Å². The molecule has 4 nitrogen and oxygen atoms in total. The second-order valence-electron chi connectivity index (χ2n) is 2.78. The number of rotatable bonds is 2. The van der Waals surface area contributed by atoms with E-state index in [2.05, 4.69) is 15.5 Å². The van der Waals surface area contributed by atoms with E-state index < -0.39 is 0 Å². The zero-order valence-electron chi connectivity index (χ0n) is 7.17. The molecule has 1 aromatic heterocycles. The number of halogens is 1. The molecule has 1 heterocycles. The van der Waals surface area contributed by atoms with E-state index in [1.165, 1.54) is 6.07 Å². The number of benzene rings is 1. The van der Waals surface area contributed by atoms with Crippen molar-refractivity contribution in [3.63, 3.8) is 0 Å². The van der Waals surface area contributed by atoms with Crippen LogP contribution in [0, 0.1) is 0 Å². The van der Waals surface area contributed by atoms with Crippen LogP contribution in [0.3, 0.4) is 0 Å². The third kappa shape index (κ3) is 1.80. The number of anilines is 2. The molecule has 0 amide bonds. The Kier molecular flexibility index (Phi) is 2.28. The molecule has 72 valence electrons. The first kappa shape index (κ1) is 8.90. The highest BCUT2D eigenvalue weighted by Crippen LogP contribution is 2.22. The Balaban J connectivity index is 2.27. The third-order valence-electron chi connectivity index (χ3n) is 1.74. The fourth-order valence-corrected chi connectivity index (χ4v) is 1.29. The van der Waals surface area contributed by atoms with E-state index in [4.69, 9.17) is 11.6 Å². The molecule has 0 atom stereocenters. The molecule has 1 aromatic carbocycles. The smallest absolute Gasteiger partial charge is 0.266 e. The predicted molar refractivity (Wildman–Crippen MR) is 56.1 cm³/mol. The van der Waals surface area contributed by atoms with Crippen molar-refractivity contribution in [2.45, 2.75) is 0 Å². The summed E-state index contributed by atoms with van der Waals surface area (Å²) in [6.45, 7) is 0. The van der Waals surface area contributed by atoms with Gasteiger partial charge in [0, 0.05) is 6.07 Å². The lowest BCUT2D eigenvalue weighted by atomic mass is 10.3. The van der Waals surface area contributed by atoms with Crippen LogP contribution in [0.1, 0.15) is 0 Å². The van der Waals surface area contributed by atoms with E-state index >= 15 is 0 Å². The lowest BCUT2D eigenvalue weighted by Crippen LogP contribution is -1.94. The van der Waals surface area contributed by atoms with Gasteiger partial charge in [-0.05, 0) is 12.1 Å². The van der Waals surface area contributed by atoms with E-state index in [0.717, 1.165) is 5.69 Å². The van der Waals surface area contributed by atoms with Crippen LogP contribution in [0.2, 0.25) is 5.02 Å². The van der Waals surface area contributed by atoms with Crippen LogP contribution in [0.15, 0.2) is 35.1 Å². The average Bonchev–Trinajstić information content (AvgIpc) is 2.56. The summed E-state index contributed by atoms with van der Waals surface area (Å²) >= 11 is 5.92. The maximum Gasteiger partial charge on any atom is 0.266 e.